The number of hydrogen-bond acceptors (Lipinski definition) is 7. The number of carbonyl (C=O) groups is 3. The third-order valence-electron chi connectivity index (χ3n) is 3.39. The van der Waals surface area contributed by atoms with Crippen molar-refractivity contribution in [2.24, 2.45) is 11.7 Å². The highest BCUT2D eigenvalue weighted by atomic mass is 32.2. The third-order valence-corrected chi connectivity index (χ3v) is 5.66. The van der Waals surface area contributed by atoms with Crippen LogP contribution in [0.25, 0.3) is 10.2 Å². The van der Waals surface area contributed by atoms with Gasteiger partial charge in [-0.3, -0.25) is 14.9 Å². The van der Waals surface area contributed by atoms with Gasteiger partial charge < -0.3 is 10.5 Å². The average Bonchev–Trinajstić information content (AvgIpc) is 2.98. The molecule has 9 heteroatoms. The van der Waals surface area contributed by atoms with Gasteiger partial charge in [0, 0.05) is 12.2 Å². The number of benzene rings is 1. The van der Waals surface area contributed by atoms with E-state index in [9.17, 15) is 14.4 Å². The Bertz CT molecular complexity index is 758. The summed E-state index contributed by atoms with van der Waals surface area (Å²) in [4.78, 5) is 39.1. The highest BCUT2D eigenvalue weighted by molar-refractivity contribution is 8.01. The molecule has 0 aliphatic heterocycles. The van der Waals surface area contributed by atoms with Crippen LogP contribution in [0.15, 0.2) is 28.6 Å². The van der Waals surface area contributed by atoms with Gasteiger partial charge >= 0.3 is 12.0 Å². The molecule has 0 aliphatic carbocycles. The molecule has 0 radical (unpaired) electrons. The van der Waals surface area contributed by atoms with E-state index >= 15 is 0 Å². The lowest BCUT2D eigenvalue weighted by molar-refractivity contribution is -0.158. The van der Waals surface area contributed by atoms with E-state index in [0.29, 0.717) is 6.42 Å². The van der Waals surface area contributed by atoms with Crippen LogP contribution in [-0.2, 0) is 14.3 Å². The average molecular weight is 396 g/mol. The van der Waals surface area contributed by atoms with Gasteiger partial charge in [-0.25, -0.2) is 9.78 Å². The molecule has 0 bridgehead atoms. The molecule has 3 N–H and O–H groups in total. The topological polar surface area (TPSA) is 111 Å². The number of ether oxygens (including phenoxy) is 1. The lowest BCUT2D eigenvalue weighted by Gasteiger charge is -2.19. The molecule has 2 aromatic rings. The van der Waals surface area contributed by atoms with Crippen LogP contribution in [-0.4, -0.2) is 34.7 Å². The van der Waals surface area contributed by atoms with Gasteiger partial charge in [0.1, 0.15) is 0 Å². The summed E-state index contributed by atoms with van der Waals surface area (Å²) in [6.07, 6.45) is -0.251. The Morgan fingerprint density at radius 3 is 2.69 bits per heavy atom. The standard InChI is InChI=1S/C17H21N3O4S2/c1-10(2)14(15(22)20-16(18)23)24-13(21)8-5-9-25-17-19-11-6-3-4-7-12(11)26-17/h3-4,6-7,10,14H,5,8-9H2,1-2H3,(H3,18,20,22,23)/t14-/m0/s1. The first kappa shape index (κ1) is 20.2. The van der Waals surface area contributed by atoms with Crippen LogP contribution >= 0.6 is 23.1 Å². The van der Waals surface area contributed by atoms with Gasteiger partial charge in [0.2, 0.25) is 0 Å². The minimum Gasteiger partial charge on any atom is -0.452 e. The molecule has 0 saturated carbocycles. The molecule has 7 nitrogen and oxygen atoms in total. The Balaban J connectivity index is 1.76. The fourth-order valence-electron chi connectivity index (χ4n) is 2.17. The second-order valence-corrected chi connectivity index (χ2v) is 8.28. The molecule has 140 valence electrons. The van der Waals surface area contributed by atoms with Crippen molar-refractivity contribution in [2.75, 3.05) is 5.75 Å². The highest BCUT2D eigenvalue weighted by Crippen LogP contribution is 2.29. The molecule has 0 spiro atoms. The van der Waals surface area contributed by atoms with E-state index < -0.39 is 24.0 Å². The van der Waals surface area contributed by atoms with Crippen LogP contribution in [0, 0.1) is 5.92 Å². The first-order valence-corrected chi connectivity index (χ1v) is 9.95. The predicted molar refractivity (Wildman–Crippen MR) is 102 cm³/mol. The lowest BCUT2D eigenvalue weighted by Crippen LogP contribution is -2.45. The van der Waals surface area contributed by atoms with Crippen molar-refractivity contribution in [1.29, 1.82) is 0 Å². The summed E-state index contributed by atoms with van der Waals surface area (Å²) in [6, 6.07) is 6.95. The number of thiazole rings is 1. The summed E-state index contributed by atoms with van der Waals surface area (Å²) in [5.41, 5.74) is 5.90. The zero-order chi connectivity index (χ0) is 19.1. The van der Waals surface area contributed by atoms with E-state index in [0.717, 1.165) is 20.3 Å². The minimum atomic E-state index is -1.04. The number of aromatic nitrogens is 1. The number of esters is 1. The molecule has 26 heavy (non-hydrogen) atoms. The number of para-hydroxylation sites is 1. The van der Waals surface area contributed by atoms with Crippen molar-refractivity contribution >= 4 is 51.2 Å². The van der Waals surface area contributed by atoms with E-state index in [-0.39, 0.29) is 12.3 Å². The SMILES string of the molecule is CC(C)[C@H](OC(=O)CCCSc1nc2ccccc2s1)C(=O)NC(N)=O. The van der Waals surface area contributed by atoms with Gasteiger partial charge in [0.15, 0.2) is 10.4 Å². The summed E-state index contributed by atoms with van der Waals surface area (Å²) < 4.78 is 7.29. The fourth-order valence-corrected chi connectivity index (χ4v) is 4.25. The smallest absolute Gasteiger partial charge is 0.318 e. The van der Waals surface area contributed by atoms with Gasteiger partial charge in [-0.1, -0.05) is 37.7 Å². The first-order chi connectivity index (χ1) is 12.4. The molecule has 0 fully saturated rings. The molecular formula is C17H21N3O4S2. The van der Waals surface area contributed by atoms with Crippen LogP contribution in [0.1, 0.15) is 26.7 Å². The zero-order valence-electron chi connectivity index (χ0n) is 14.6. The molecule has 1 aromatic carbocycles. The first-order valence-electron chi connectivity index (χ1n) is 8.15. The Morgan fingerprint density at radius 1 is 1.31 bits per heavy atom. The largest absolute Gasteiger partial charge is 0.452 e. The molecule has 3 amide bonds. The monoisotopic (exact) mass is 395 g/mol. The molecular weight excluding hydrogens is 374 g/mol. The maximum absolute atomic E-state index is 12.0. The summed E-state index contributed by atoms with van der Waals surface area (Å²) in [7, 11) is 0. The molecule has 1 heterocycles. The van der Waals surface area contributed by atoms with Gasteiger partial charge in [-0.2, -0.15) is 0 Å². The van der Waals surface area contributed by atoms with Crippen molar-refractivity contribution in [2.45, 2.75) is 37.1 Å². The number of nitrogens with two attached hydrogens (primary N) is 1. The summed E-state index contributed by atoms with van der Waals surface area (Å²) >= 11 is 3.21. The van der Waals surface area contributed by atoms with Crippen LogP contribution in [0.4, 0.5) is 4.79 Å². The van der Waals surface area contributed by atoms with Crippen LogP contribution in [0.2, 0.25) is 0 Å². The number of nitrogens with one attached hydrogen (secondary N) is 1. The molecule has 1 aromatic heterocycles. The molecule has 0 aliphatic rings. The van der Waals surface area contributed by atoms with Gasteiger partial charge in [-0.15, -0.1) is 11.3 Å². The number of amides is 3. The van der Waals surface area contributed by atoms with Crippen molar-refractivity contribution in [3.05, 3.63) is 24.3 Å². The van der Waals surface area contributed by atoms with E-state index in [1.807, 2.05) is 29.6 Å². The number of hydrogen-bond donors (Lipinski definition) is 2. The van der Waals surface area contributed by atoms with Crippen LogP contribution in [0.5, 0.6) is 0 Å². The van der Waals surface area contributed by atoms with Gasteiger partial charge in [-0.05, 0) is 24.5 Å². The second kappa shape index (κ2) is 9.54. The normalized spacial score (nSPS) is 12.1. The second-order valence-electron chi connectivity index (χ2n) is 5.91. The van der Waals surface area contributed by atoms with Crippen LogP contribution < -0.4 is 11.1 Å². The zero-order valence-corrected chi connectivity index (χ0v) is 16.2. The number of imide groups is 1. The third kappa shape index (κ3) is 5.99. The van der Waals surface area contributed by atoms with Gasteiger partial charge in [0.25, 0.3) is 5.91 Å². The van der Waals surface area contributed by atoms with Crippen LogP contribution in [0.3, 0.4) is 0 Å². The summed E-state index contributed by atoms with van der Waals surface area (Å²) in [5.74, 6) is -0.734. The molecule has 0 saturated heterocycles. The predicted octanol–water partition coefficient (Wildman–Crippen LogP) is 2.93. The van der Waals surface area contributed by atoms with E-state index in [2.05, 4.69) is 4.98 Å². The summed E-state index contributed by atoms with van der Waals surface area (Å²) in [5, 5.41) is 1.94. The maximum Gasteiger partial charge on any atom is 0.318 e. The summed E-state index contributed by atoms with van der Waals surface area (Å²) in [6.45, 7) is 3.45. The van der Waals surface area contributed by atoms with Gasteiger partial charge in [0.05, 0.1) is 10.2 Å². The molecule has 2 rings (SSSR count). The number of urea groups is 1. The van der Waals surface area contributed by atoms with Crippen molar-refractivity contribution in [3.8, 4) is 0 Å². The number of thioether (sulfide) groups is 1. The number of nitrogens with zero attached hydrogens (tertiary/aromatic N) is 1. The van der Waals surface area contributed by atoms with Crippen molar-refractivity contribution in [1.82, 2.24) is 10.3 Å². The highest BCUT2D eigenvalue weighted by Gasteiger charge is 2.27. The quantitative estimate of drug-likeness (QED) is 0.404. The number of fused-ring (bicyclic) bond motifs is 1. The maximum atomic E-state index is 12.0. The Labute approximate surface area is 159 Å². The fraction of sp³-hybridized carbons (Fsp3) is 0.412. The number of rotatable bonds is 8. The Kier molecular flexibility index (Phi) is 7.40. The van der Waals surface area contributed by atoms with E-state index in [4.69, 9.17) is 10.5 Å². The number of carbonyl (C=O) groups excluding carboxylic acids is 3. The van der Waals surface area contributed by atoms with E-state index in [1.54, 1.807) is 36.9 Å². The molecule has 0 unspecified atom stereocenters. The minimum absolute atomic E-state index is 0.185. The Hall–Kier alpha value is -2.13. The lowest BCUT2D eigenvalue weighted by atomic mass is 10.1. The Morgan fingerprint density at radius 2 is 2.04 bits per heavy atom. The van der Waals surface area contributed by atoms with Crippen molar-refractivity contribution < 1.29 is 19.1 Å². The van der Waals surface area contributed by atoms with E-state index in [1.165, 1.54) is 0 Å². The van der Waals surface area contributed by atoms with Crippen molar-refractivity contribution in [3.63, 3.8) is 0 Å². The molecule has 1 atom stereocenters. The number of primary amides is 1.